The van der Waals surface area contributed by atoms with Crippen molar-refractivity contribution in [3.05, 3.63) is 22.4 Å². The number of morpholine rings is 1. The van der Waals surface area contributed by atoms with Gasteiger partial charge in [0.25, 0.3) is 0 Å². The summed E-state index contributed by atoms with van der Waals surface area (Å²) in [6.45, 7) is 3.32. The van der Waals surface area contributed by atoms with E-state index >= 15 is 0 Å². The Hall–Kier alpha value is -0.910. The summed E-state index contributed by atoms with van der Waals surface area (Å²) in [4.78, 5) is 14.5. The van der Waals surface area contributed by atoms with Crippen molar-refractivity contribution in [3.63, 3.8) is 0 Å². The number of hydrogen-bond acceptors (Lipinski definition) is 4. The number of hydrogen-bond donors (Lipinski definition) is 0. The minimum Gasteiger partial charge on any atom is -0.379 e. The van der Waals surface area contributed by atoms with E-state index in [0.29, 0.717) is 32.8 Å². The number of nitrogens with zero attached hydrogens (tertiary/aromatic N) is 1. The molecule has 1 aromatic heterocycles. The summed E-state index contributed by atoms with van der Waals surface area (Å²) >= 11 is 1.68. The second-order valence-corrected chi connectivity index (χ2v) is 6.04. The van der Waals surface area contributed by atoms with Crippen molar-refractivity contribution < 1.29 is 14.3 Å². The van der Waals surface area contributed by atoms with E-state index in [1.807, 2.05) is 4.90 Å². The summed E-state index contributed by atoms with van der Waals surface area (Å²) < 4.78 is 11.1. The van der Waals surface area contributed by atoms with Gasteiger partial charge < -0.3 is 14.4 Å². The SMILES string of the molecule is O=C(CCc1ccsc1)N1CCOCC12CCOC2. The second-order valence-electron chi connectivity index (χ2n) is 5.26. The molecule has 3 rings (SSSR count). The van der Waals surface area contributed by atoms with Gasteiger partial charge in [-0.15, -0.1) is 0 Å². The Bertz CT molecular complexity index is 426. The first-order valence-corrected chi connectivity index (χ1v) is 7.71. The van der Waals surface area contributed by atoms with Crippen molar-refractivity contribution in [3.8, 4) is 0 Å². The number of thiophene rings is 1. The largest absolute Gasteiger partial charge is 0.379 e. The molecule has 2 saturated heterocycles. The van der Waals surface area contributed by atoms with Crippen LogP contribution in [-0.4, -0.2) is 49.3 Å². The fraction of sp³-hybridized carbons (Fsp3) is 0.643. The fourth-order valence-corrected chi connectivity index (χ4v) is 3.57. The lowest BCUT2D eigenvalue weighted by Gasteiger charge is -2.43. The first-order valence-electron chi connectivity index (χ1n) is 6.77. The van der Waals surface area contributed by atoms with Crippen LogP contribution >= 0.6 is 11.3 Å². The predicted molar refractivity (Wildman–Crippen MR) is 73.3 cm³/mol. The molecule has 0 saturated carbocycles. The van der Waals surface area contributed by atoms with Crippen molar-refractivity contribution in [1.29, 1.82) is 0 Å². The smallest absolute Gasteiger partial charge is 0.223 e. The van der Waals surface area contributed by atoms with Crippen molar-refractivity contribution >= 4 is 17.2 Å². The monoisotopic (exact) mass is 281 g/mol. The van der Waals surface area contributed by atoms with Crippen molar-refractivity contribution in [2.45, 2.75) is 24.8 Å². The standard InChI is InChI=1S/C14H19NO3S/c16-13(2-1-12-3-8-19-9-12)15-5-7-18-11-14(15)4-6-17-10-14/h3,8-9H,1-2,4-7,10-11H2. The molecule has 2 aliphatic heterocycles. The first kappa shape index (κ1) is 13.1. The number of carbonyl (C=O) groups excluding carboxylic acids is 1. The van der Waals surface area contributed by atoms with Crippen LogP contribution in [0.2, 0.25) is 0 Å². The number of amides is 1. The van der Waals surface area contributed by atoms with E-state index in [4.69, 9.17) is 9.47 Å². The van der Waals surface area contributed by atoms with Gasteiger partial charge >= 0.3 is 0 Å². The normalized spacial score (nSPS) is 27.1. The molecule has 5 heteroatoms. The van der Waals surface area contributed by atoms with Gasteiger partial charge in [0.1, 0.15) is 0 Å². The summed E-state index contributed by atoms with van der Waals surface area (Å²) in [5.41, 5.74) is 1.06. The van der Waals surface area contributed by atoms with Gasteiger partial charge in [0.2, 0.25) is 5.91 Å². The highest BCUT2D eigenvalue weighted by atomic mass is 32.1. The van der Waals surface area contributed by atoms with Crippen molar-refractivity contribution in [2.24, 2.45) is 0 Å². The van der Waals surface area contributed by atoms with E-state index in [1.54, 1.807) is 11.3 Å². The second kappa shape index (κ2) is 5.61. The number of ether oxygens (including phenoxy) is 2. The zero-order chi connectivity index (χ0) is 13.1. The maximum atomic E-state index is 12.5. The van der Waals surface area contributed by atoms with Crippen molar-refractivity contribution in [2.75, 3.05) is 33.0 Å². The summed E-state index contributed by atoms with van der Waals surface area (Å²) in [5, 5.41) is 4.17. The van der Waals surface area contributed by atoms with Gasteiger partial charge in [0, 0.05) is 19.6 Å². The molecule has 0 N–H and O–H groups in total. The summed E-state index contributed by atoms with van der Waals surface area (Å²) in [6.07, 6.45) is 2.31. The topological polar surface area (TPSA) is 38.8 Å². The number of rotatable bonds is 3. The Morgan fingerprint density at radius 2 is 2.21 bits per heavy atom. The van der Waals surface area contributed by atoms with Gasteiger partial charge in [0.05, 0.1) is 25.4 Å². The first-order chi connectivity index (χ1) is 9.30. The lowest BCUT2D eigenvalue weighted by molar-refractivity contribution is -0.149. The van der Waals surface area contributed by atoms with Gasteiger partial charge in [0.15, 0.2) is 0 Å². The molecule has 3 heterocycles. The van der Waals surface area contributed by atoms with E-state index in [9.17, 15) is 4.79 Å². The quantitative estimate of drug-likeness (QED) is 0.846. The van der Waals surface area contributed by atoms with E-state index in [1.165, 1.54) is 5.56 Å². The molecule has 0 aromatic carbocycles. The lowest BCUT2D eigenvalue weighted by Crippen LogP contribution is -2.59. The molecule has 1 spiro atoms. The highest BCUT2D eigenvalue weighted by molar-refractivity contribution is 7.07. The average Bonchev–Trinajstić information content (AvgIpc) is 3.09. The van der Waals surface area contributed by atoms with Gasteiger partial charge in [-0.1, -0.05) is 0 Å². The van der Waals surface area contributed by atoms with E-state index in [0.717, 1.165) is 19.4 Å². The Balaban J connectivity index is 1.63. The molecule has 1 amide bonds. The molecule has 1 unspecified atom stereocenters. The minimum absolute atomic E-state index is 0.190. The van der Waals surface area contributed by atoms with Crippen LogP contribution in [-0.2, 0) is 20.7 Å². The summed E-state index contributed by atoms with van der Waals surface area (Å²) in [7, 11) is 0. The van der Waals surface area contributed by atoms with E-state index in [2.05, 4.69) is 16.8 Å². The molecule has 104 valence electrons. The molecule has 1 atom stereocenters. The zero-order valence-electron chi connectivity index (χ0n) is 11.0. The molecule has 0 bridgehead atoms. The molecule has 0 radical (unpaired) electrons. The van der Waals surface area contributed by atoms with Crippen LogP contribution in [0.1, 0.15) is 18.4 Å². The number of aryl methyl sites for hydroxylation is 1. The molecule has 1 aromatic rings. The third-order valence-corrected chi connectivity index (χ3v) is 4.73. The van der Waals surface area contributed by atoms with Crippen LogP contribution in [0.4, 0.5) is 0 Å². The molecule has 2 aliphatic rings. The van der Waals surface area contributed by atoms with Gasteiger partial charge in [-0.2, -0.15) is 11.3 Å². The molecule has 2 fully saturated rings. The average molecular weight is 281 g/mol. The molecule has 19 heavy (non-hydrogen) atoms. The maximum Gasteiger partial charge on any atom is 0.223 e. The Morgan fingerprint density at radius 3 is 2.95 bits per heavy atom. The molecule has 4 nitrogen and oxygen atoms in total. The summed E-state index contributed by atoms with van der Waals surface area (Å²) in [5.74, 6) is 0.236. The minimum atomic E-state index is -0.190. The van der Waals surface area contributed by atoms with Gasteiger partial charge in [-0.3, -0.25) is 4.79 Å². The highest BCUT2D eigenvalue weighted by Crippen LogP contribution is 2.30. The molecular formula is C14H19NO3S. The fourth-order valence-electron chi connectivity index (χ4n) is 2.87. The third-order valence-electron chi connectivity index (χ3n) is 3.99. The highest BCUT2D eigenvalue weighted by Gasteiger charge is 2.45. The van der Waals surface area contributed by atoms with Crippen LogP contribution in [0.3, 0.4) is 0 Å². The van der Waals surface area contributed by atoms with Crippen molar-refractivity contribution in [1.82, 2.24) is 4.90 Å². The summed E-state index contributed by atoms with van der Waals surface area (Å²) in [6, 6.07) is 2.09. The third kappa shape index (κ3) is 2.68. The molecule has 0 aliphatic carbocycles. The zero-order valence-corrected chi connectivity index (χ0v) is 11.8. The van der Waals surface area contributed by atoms with E-state index < -0.39 is 0 Å². The van der Waals surface area contributed by atoms with Gasteiger partial charge in [-0.25, -0.2) is 0 Å². The van der Waals surface area contributed by atoms with Crippen LogP contribution in [0.15, 0.2) is 16.8 Å². The number of carbonyl (C=O) groups is 1. The lowest BCUT2D eigenvalue weighted by atomic mass is 9.95. The Morgan fingerprint density at radius 1 is 1.37 bits per heavy atom. The van der Waals surface area contributed by atoms with Crippen LogP contribution in [0.25, 0.3) is 0 Å². The van der Waals surface area contributed by atoms with Crippen LogP contribution < -0.4 is 0 Å². The predicted octanol–water partition coefficient (Wildman–Crippen LogP) is 1.70. The van der Waals surface area contributed by atoms with E-state index in [-0.39, 0.29) is 11.4 Å². The Kier molecular flexibility index (Phi) is 3.86. The molecular weight excluding hydrogens is 262 g/mol. The maximum absolute atomic E-state index is 12.5. The van der Waals surface area contributed by atoms with Gasteiger partial charge in [-0.05, 0) is 35.2 Å². The van der Waals surface area contributed by atoms with Crippen LogP contribution in [0, 0.1) is 0 Å². The Labute approximate surface area is 117 Å². The van der Waals surface area contributed by atoms with Crippen LogP contribution in [0.5, 0.6) is 0 Å².